The van der Waals surface area contributed by atoms with E-state index in [4.69, 9.17) is 4.74 Å². The molecule has 0 radical (unpaired) electrons. The van der Waals surface area contributed by atoms with Gasteiger partial charge in [-0.15, -0.1) is 11.7 Å². The fourth-order valence-corrected chi connectivity index (χ4v) is 2.23. The van der Waals surface area contributed by atoms with E-state index in [2.05, 4.69) is 28.8 Å². The van der Waals surface area contributed by atoms with Gasteiger partial charge in [0.15, 0.2) is 0 Å². The second kappa shape index (κ2) is 4.76. The van der Waals surface area contributed by atoms with Gasteiger partial charge in [0.25, 0.3) is 0 Å². The van der Waals surface area contributed by atoms with Gasteiger partial charge < -0.3 is 4.74 Å². The first kappa shape index (κ1) is 11.3. The largest absolute Gasteiger partial charge is 0.377 e. The maximum atomic E-state index is 5.54. The molecule has 1 aromatic rings. The number of hydrogen-bond acceptors (Lipinski definition) is 4. The highest BCUT2D eigenvalue weighted by Gasteiger charge is 2.28. The fourth-order valence-electron chi connectivity index (χ4n) is 2.23. The Morgan fingerprint density at radius 3 is 3.12 bits per heavy atom. The third-order valence-corrected chi connectivity index (χ3v) is 2.84. The summed E-state index contributed by atoms with van der Waals surface area (Å²) in [6, 6.07) is 0. The zero-order chi connectivity index (χ0) is 11.5. The predicted molar refractivity (Wildman–Crippen MR) is 61.1 cm³/mol. The Kier molecular flexibility index (Phi) is 3.36. The van der Waals surface area contributed by atoms with E-state index in [1.165, 1.54) is 5.69 Å². The summed E-state index contributed by atoms with van der Waals surface area (Å²) in [6.07, 6.45) is 1.77. The lowest BCUT2D eigenvalue weighted by Crippen LogP contribution is -2.33. The number of aryl methyl sites for hydroxylation is 1. The number of aromatic nitrogens is 3. The molecule has 0 aliphatic carbocycles. The zero-order valence-corrected chi connectivity index (χ0v) is 9.89. The molecule has 0 spiro atoms. The maximum Gasteiger partial charge on any atom is 0.100 e. The second-order valence-corrected chi connectivity index (χ2v) is 4.26. The molecular weight excluding hydrogens is 204 g/mol. The Morgan fingerprint density at radius 1 is 1.56 bits per heavy atom. The minimum atomic E-state index is 0.355. The molecule has 88 valence electrons. The van der Waals surface area contributed by atoms with Crippen LogP contribution in [0.3, 0.4) is 0 Å². The van der Waals surface area contributed by atoms with Gasteiger partial charge in [0.05, 0.1) is 18.9 Å². The zero-order valence-electron chi connectivity index (χ0n) is 9.89. The molecule has 1 aromatic heterocycles. The lowest BCUT2D eigenvalue weighted by Gasteiger charge is -2.29. The summed E-state index contributed by atoms with van der Waals surface area (Å²) < 4.78 is 7.40. The molecule has 0 saturated carbocycles. The summed E-state index contributed by atoms with van der Waals surface area (Å²) in [5, 5.41) is 8.26. The van der Waals surface area contributed by atoms with Crippen LogP contribution in [-0.4, -0.2) is 46.7 Å². The Morgan fingerprint density at radius 2 is 2.38 bits per heavy atom. The molecule has 1 aliphatic rings. The van der Waals surface area contributed by atoms with E-state index >= 15 is 0 Å². The highest BCUT2D eigenvalue weighted by Crippen LogP contribution is 2.25. The van der Waals surface area contributed by atoms with E-state index < -0.39 is 0 Å². The van der Waals surface area contributed by atoms with Crippen LogP contribution < -0.4 is 0 Å². The molecule has 0 amide bonds. The molecule has 0 saturated heterocycles. The van der Waals surface area contributed by atoms with E-state index in [0.717, 1.165) is 18.8 Å². The number of fused-ring (bicyclic) bond motifs is 1. The average molecular weight is 222 g/mol. The molecule has 1 atom stereocenters. The molecule has 5 heteroatoms. The van der Waals surface area contributed by atoms with Gasteiger partial charge in [-0.25, -0.2) is 0 Å². The van der Waals surface area contributed by atoms with Crippen molar-refractivity contribution in [3.8, 4) is 0 Å². The van der Waals surface area contributed by atoms with Gasteiger partial charge in [-0.05, 0) is 7.05 Å². The van der Waals surface area contributed by atoms with Crippen molar-refractivity contribution in [1.29, 1.82) is 0 Å². The van der Waals surface area contributed by atoms with Crippen molar-refractivity contribution >= 4 is 0 Å². The average Bonchev–Trinajstić information content (AvgIpc) is 2.60. The van der Waals surface area contributed by atoms with E-state index in [1.807, 2.05) is 11.7 Å². The van der Waals surface area contributed by atoms with Gasteiger partial charge in [0.1, 0.15) is 5.69 Å². The molecule has 0 aromatic carbocycles. The van der Waals surface area contributed by atoms with Crippen LogP contribution in [0.25, 0.3) is 0 Å². The van der Waals surface area contributed by atoms with Crippen molar-refractivity contribution in [2.75, 3.05) is 26.8 Å². The first-order valence-corrected chi connectivity index (χ1v) is 5.48. The Balaban J connectivity index is 2.12. The van der Waals surface area contributed by atoms with E-state index in [1.54, 1.807) is 6.08 Å². The Hall–Kier alpha value is -1.20. The third-order valence-electron chi connectivity index (χ3n) is 2.84. The minimum absolute atomic E-state index is 0.355. The van der Waals surface area contributed by atoms with Crippen LogP contribution in [0.2, 0.25) is 0 Å². The standard InChI is InChI=1S/C11H18N4O/c1-4-5-16-8-9-6-14(2)7-10-11(9)15(3)13-12-10/h4,9H,1,5-8H2,2-3H3/t9-/m1/s1. The van der Waals surface area contributed by atoms with Crippen molar-refractivity contribution in [2.45, 2.75) is 12.5 Å². The van der Waals surface area contributed by atoms with Crippen molar-refractivity contribution < 1.29 is 4.74 Å². The lowest BCUT2D eigenvalue weighted by molar-refractivity contribution is 0.121. The Bertz CT molecular complexity index is 374. The Labute approximate surface area is 95.7 Å². The van der Waals surface area contributed by atoms with Gasteiger partial charge in [-0.2, -0.15) is 0 Å². The maximum absolute atomic E-state index is 5.54. The first-order valence-electron chi connectivity index (χ1n) is 5.48. The van der Waals surface area contributed by atoms with Gasteiger partial charge >= 0.3 is 0 Å². The molecular formula is C11H18N4O. The van der Waals surface area contributed by atoms with Gasteiger partial charge in [0.2, 0.25) is 0 Å². The molecule has 0 bridgehead atoms. The predicted octanol–water partition coefficient (Wildman–Crippen LogP) is 0.547. The van der Waals surface area contributed by atoms with Gasteiger partial charge in [-0.1, -0.05) is 11.3 Å². The van der Waals surface area contributed by atoms with Crippen molar-refractivity contribution in [3.63, 3.8) is 0 Å². The smallest absolute Gasteiger partial charge is 0.100 e. The number of hydrogen-bond donors (Lipinski definition) is 0. The van der Waals surface area contributed by atoms with Crippen LogP contribution in [0.15, 0.2) is 12.7 Å². The number of ether oxygens (including phenoxy) is 1. The normalized spacial score (nSPS) is 20.8. The molecule has 2 rings (SSSR count). The van der Waals surface area contributed by atoms with Crippen LogP contribution >= 0.6 is 0 Å². The molecule has 16 heavy (non-hydrogen) atoms. The van der Waals surface area contributed by atoms with Crippen LogP contribution in [-0.2, 0) is 18.3 Å². The summed E-state index contributed by atoms with van der Waals surface area (Å²) in [7, 11) is 4.04. The monoisotopic (exact) mass is 222 g/mol. The van der Waals surface area contributed by atoms with Crippen molar-refractivity contribution in [1.82, 2.24) is 19.9 Å². The topological polar surface area (TPSA) is 43.2 Å². The summed E-state index contributed by atoms with van der Waals surface area (Å²) in [5.41, 5.74) is 2.28. The van der Waals surface area contributed by atoms with Crippen LogP contribution in [0, 0.1) is 0 Å². The molecule has 1 aliphatic heterocycles. The van der Waals surface area contributed by atoms with Gasteiger partial charge in [-0.3, -0.25) is 9.58 Å². The fraction of sp³-hybridized carbons (Fsp3) is 0.636. The first-order chi connectivity index (χ1) is 7.72. The summed E-state index contributed by atoms with van der Waals surface area (Å²) in [5.74, 6) is 0.355. The number of rotatable bonds is 4. The van der Waals surface area contributed by atoms with E-state index in [-0.39, 0.29) is 0 Å². The molecule has 5 nitrogen and oxygen atoms in total. The lowest BCUT2D eigenvalue weighted by atomic mass is 9.99. The molecule has 0 N–H and O–H groups in total. The number of nitrogens with zero attached hydrogens (tertiary/aromatic N) is 4. The summed E-state index contributed by atoms with van der Waals surface area (Å²) in [6.45, 7) is 6.81. The third kappa shape index (κ3) is 2.15. The minimum Gasteiger partial charge on any atom is -0.377 e. The van der Waals surface area contributed by atoms with Crippen molar-refractivity contribution in [3.05, 3.63) is 24.0 Å². The quantitative estimate of drug-likeness (QED) is 0.551. The molecule has 0 fully saturated rings. The number of likely N-dealkylation sites (N-methyl/N-ethyl adjacent to an activating group) is 1. The van der Waals surface area contributed by atoms with E-state index in [9.17, 15) is 0 Å². The molecule has 2 heterocycles. The summed E-state index contributed by atoms with van der Waals surface area (Å²) in [4.78, 5) is 2.25. The highest BCUT2D eigenvalue weighted by atomic mass is 16.5. The SMILES string of the molecule is C=CCOC[C@H]1CN(C)Cc2nnn(C)c21. The van der Waals surface area contributed by atoms with Crippen LogP contribution in [0.1, 0.15) is 17.3 Å². The van der Waals surface area contributed by atoms with E-state index in [0.29, 0.717) is 19.1 Å². The van der Waals surface area contributed by atoms with Crippen molar-refractivity contribution in [2.24, 2.45) is 7.05 Å². The van der Waals surface area contributed by atoms with Gasteiger partial charge in [0, 0.05) is 26.1 Å². The second-order valence-electron chi connectivity index (χ2n) is 4.26. The highest BCUT2D eigenvalue weighted by molar-refractivity contribution is 5.19. The van der Waals surface area contributed by atoms with Crippen LogP contribution in [0.4, 0.5) is 0 Å². The molecule has 0 unspecified atom stereocenters. The van der Waals surface area contributed by atoms with Crippen LogP contribution in [0.5, 0.6) is 0 Å². The summed E-state index contributed by atoms with van der Waals surface area (Å²) >= 11 is 0.